The molecule has 0 saturated carbocycles. The smallest absolute Gasteiger partial charge is 0.0342 e. The van der Waals surface area contributed by atoms with E-state index >= 15 is 0 Å². The molecule has 2 N–H and O–H groups in total. The Morgan fingerprint density at radius 2 is 2.42 bits per heavy atom. The van der Waals surface area contributed by atoms with Crippen LogP contribution in [0.2, 0.25) is 0 Å². The van der Waals surface area contributed by atoms with Crippen molar-refractivity contribution in [2.24, 2.45) is 5.73 Å². The summed E-state index contributed by atoms with van der Waals surface area (Å²) in [6.45, 7) is 4.69. The first-order chi connectivity index (χ1) is 5.74. The summed E-state index contributed by atoms with van der Waals surface area (Å²) < 4.78 is 0. The molecular weight excluding hydrogens is 148 g/mol. The van der Waals surface area contributed by atoms with E-state index in [1.165, 1.54) is 11.1 Å². The molecule has 0 radical (unpaired) electrons. The monoisotopic (exact) mass is 162 g/mol. The zero-order valence-electron chi connectivity index (χ0n) is 7.54. The van der Waals surface area contributed by atoms with Crippen molar-refractivity contribution in [2.45, 2.75) is 13.8 Å². The number of aromatic nitrogens is 1. The molecule has 0 atom stereocenters. The van der Waals surface area contributed by atoms with Crippen LogP contribution >= 0.6 is 0 Å². The highest BCUT2D eigenvalue weighted by Crippen LogP contribution is 2.09. The standard InChI is InChI=1S/C10H14N2/c1-8(6-11)5-10-7-12-4-3-9(10)2/h3-5,7H,6,11H2,1-2H3/b8-5-. The molecule has 0 aliphatic rings. The maximum atomic E-state index is 5.48. The second-order valence-electron chi connectivity index (χ2n) is 2.93. The highest BCUT2D eigenvalue weighted by molar-refractivity contribution is 5.54. The van der Waals surface area contributed by atoms with Crippen LogP contribution in [0.5, 0.6) is 0 Å². The van der Waals surface area contributed by atoms with Gasteiger partial charge >= 0.3 is 0 Å². The summed E-state index contributed by atoms with van der Waals surface area (Å²) in [7, 11) is 0. The van der Waals surface area contributed by atoms with Gasteiger partial charge in [-0.15, -0.1) is 0 Å². The Morgan fingerprint density at radius 3 is 3.00 bits per heavy atom. The summed E-state index contributed by atoms with van der Waals surface area (Å²) in [6.07, 6.45) is 5.72. The topological polar surface area (TPSA) is 38.9 Å². The first-order valence-electron chi connectivity index (χ1n) is 4.02. The van der Waals surface area contributed by atoms with Crippen LogP contribution in [0.1, 0.15) is 18.1 Å². The highest BCUT2D eigenvalue weighted by Gasteiger charge is 1.93. The molecule has 0 spiro atoms. The molecule has 12 heavy (non-hydrogen) atoms. The Balaban J connectivity index is 2.96. The van der Waals surface area contributed by atoms with E-state index < -0.39 is 0 Å². The number of nitrogens with zero attached hydrogens (tertiary/aromatic N) is 1. The van der Waals surface area contributed by atoms with E-state index in [4.69, 9.17) is 5.73 Å². The number of rotatable bonds is 2. The maximum absolute atomic E-state index is 5.48. The molecule has 0 fully saturated rings. The molecular formula is C10H14N2. The molecule has 0 aliphatic heterocycles. The summed E-state index contributed by atoms with van der Waals surface area (Å²) in [4.78, 5) is 4.05. The summed E-state index contributed by atoms with van der Waals surface area (Å²) in [6, 6.07) is 2.00. The van der Waals surface area contributed by atoms with Gasteiger partial charge in [-0.2, -0.15) is 0 Å². The zero-order chi connectivity index (χ0) is 8.97. The van der Waals surface area contributed by atoms with Crippen molar-refractivity contribution in [3.63, 3.8) is 0 Å². The van der Waals surface area contributed by atoms with E-state index in [0.29, 0.717) is 6.54 Å². The Hall–Kier alpha value is -1.15. The first kappa shape index (κ1) is 8.94. The van der Waals surface area contributed by atoms with Crippen LogP contribution in [-0.4, -0.2) is 11.5 Å². The van der Waals surface area contributed by atoms with Gasteiger partial charge in [0.25, 0.3) is 0 Å². The lowest BCUT2D eigenvalue weighted by Gasteiger charge is -1.99. The lowest BCUT2D eigenvalue weighted by atomic mass is 10.1. The van der Waals surface area contributed by atoms with Crippen molar-refractivity contribution in [1.82, 2.24) is 4.98 Å². The molecule has 0 bridgehead atoms. The third kappa shape index (κ3) is 2.17. The van der Waals surface area contributed by atoms with Crippen molar-refractivity contribution in [3.05, 3.63) is 35.2 Å². The number of nitrogens with two attached hydrogens (primary N) is 1. The summed E-state index contributed by atoms with van der Waals surface area (Å²) in [5.41, 5.74) is 9.04. The fourth-order valence-electron chi connectivity index (χ4n) is 0.952. The highest BCUT2D eigenvalue weighted by atomic mass is 14.6. The van der Waals surface area contributed by atoms with E-state index in [-0.39, 0.29) is 0 Å². The van der Waals surface area contributed by atoms with Crippen LogP contribution in [0, 0.1) is 6.92 Å². The van der Waals surface area contributed by atoms with Gasteiger partial charge in [0.05, 0.1) is 0 Å². The average Bonchev–Trinajstić information content (AvgIpc) is 2.09. The van der Waals surface area contributed by atoms with Gasteiger partial charge in [-0.25, -0.2) is 0 Å². The van der Waals surface area contributed by atoms with Gasteiger partial charge in [0, 0.05) is 18.9 Å². The second-order valence-corrected chi connectivity index (χ2v) is 2.93. The molecule has 2 nitrogen and oxygen atoms in total. The van der Waals surface area contributed by atoms with Crippen molar-refractivity contribution in [2.75, 3.05) is 6.54 Å². The van der Waals surface area contributed by atoms with Gasteiger partial charge in [-0.1, -0.05) is 11.6 Å². The SMILES string of the molecule is C/C(=C/c1cnccc1C)CN. The molecule has 1 aromatic heterocycles. The van der Waals surface area contributed by atoms with Gasteiger partial charge in [0.15, 0.2) is 0 Å². The van der Waals surface area contributed by atoms with Crippen molar-refractivity contribution in [1.29, 1.82) is 0 Å². The summed E-state index contributed by atoms with van der Waals surface area (Å²) in [5, 5.41) is 0. The third-order valence-corrected chi connectivity index (χ3v) is 1.80. The fraction of sp³-hybridized carbons (Fsp3) is 0.300. The van der Waals surface area contributed by atoms with Gasteiger partial charge in [-0.3, -0.25) is 4.98 Å². The van der Waals surface area contributed by atoms with Gasteiger partial charge in [0.1, 0.15) is 0 Å². The summed E-state index contributed by atoms with van der Waals surface area (Å²) in [5.74, 6) is 0. The van der Waals surface area contributed by atoms with Crippen LogP contribution in [0.25, 0.3) is 6.08 Å². The Bertz CT molecular complexity index is 290. The lowest BCUT2D eigenvalue weighted by molar-refractivity contribution is 1.15. The molecule has 1 aromatic rings. The fourth-order valence-corrected chi connectivity index (χ4v) is 0.952. The molecule has 2 heteroatoms. The minimum atomic E-state index is 0.605. The minimum Gasteiger partial charge on any atom is -0.327 e. The van der Waals surface area contributed by atoms with Crippen LogP contribution < -0.4 is 5.73 Å². The molecule has 1 heterocycles. The largest absolute Gasteiger partial charge is 0.327 e. The van der Waals surface area contributed by atoms with Crippen LogP contribution in [0.15, 0.2) is 24.0 Å². The predicted octanol–water partition coefficient (Wildman–Crippen LogP) is 1.75. The van der Waals surface area contributed by atoms with E-state index in [1.807, 2.05) is 19.2 Å². The third-order valence-electron chi connectivity index (χ3n) is 1.80. The Morgan fingerprint density at radius 1 is 1.67 bits per heavy atom. The van der Waals surface area contributed by atoms with Crippen LogP contribution in [0.3, 0.4) is 0 Å². The molecule has 0 saturated heterocycles. The predicted molar refractivity (Wildman–Crippen MR) is 51.7 cm³/mol. The van der Waals surface area contributed by atoms with Crippen molar-refractivity contribution >= 4 is 6.08 Å². The normalized spacial score (nSPS) is 11.8. The molecule has 0 aliphatic carbocycles. The quantitative estimate of drug-likeness (QED) is 0.719. The maximum Gasteiger partial charge on any atom is 0.0342 e. The Labute approximate surface area is 73.1 Å². The molecule has 0 unspecified atom stereocenters. The molecule has 1 rings (SSSR count). The van der Waals surface area contributed by atoms with Crippen molar-refractivity contribution in [3.8, 4) is 0 Å². The average molecular weight is 162 g/mol. The van der Waals surface area contributed by atoms with E-state index in [2.05, 4.69) is 18.0 Å². The molecule has 0 amide bonds. The van der Waals surface area contributed by atoms with E-state index in [9.17, 15) is 0 Å². The van der Waals surface area contributed by atoms with Gasteiger partial charge in [-0.05, 0) is 31.0 Å². The van der Waals surface area contributed by atoms with E-state index in [1.54, 1.807) is 6.20 Å². The molecule has 0 aromatic carbocycles. The minimum absolute atomic E-state index is 0.605. The lowest BCUT2D eigenvalue weighted by Crippen LogP contribution is -1.99. The van der Waals surface area contributed by atoms with Crippen molar-refractivity contribution < 1.29 is 0 Å². The second kappa shape index (κ2) is 4.02. The van der Waals surface area contributed by atoms with Crippen LogP contribution in [0.4, 0.5) is 0 Å². The number of hydrogen-bond donors (Lipinski definition) is 1. The van der Waals surface area contributed by atoms with Gasteiger partial charge in [0.2, 0.25) is 0 Å². The zero-order valence-corrected chi connectivity index (χ0v) is 7.54. The first-order valence-corrected chi connectivity index (χ1v) is 4.02. The Kier molecular flexibility index (Phi) is 3.00. The van der Waals surface area contributed by atoms with E-state index in [0.717, 1.165) is 5.56 Å². The van der Waals surface area contributed by atoms with Crippen LogP contribution in [-0.2, 0) is 0 Å². The van der Waals surface area contributed by atoms with Gasteiger partial charge < -0.3 is 5.73 Å². The molecule has 64 valence electrons. The summed E-state index contributed by atoms with van der Waals surface area (Å²) >= 11 is 0. The number of pyridine rings is 1. The number of hydrogen-bond acceptors (Lipinski definition) is 2. The number of aryl methyl sites for hydroxylation is 1.